The van der Waals surface area contributed by atoms with E-state index in [0.717, 1.165) is 20.5 Å². The first kappa shape index (κ1) is 18.2. The third-order valence-electron chi connectivity index (χ3n) is 3.51. The van der Waals surface area contributed by atoms with E-state index >= 15 is 0 Å². The molecule has 3 rings (SSSR count). The fourth-order valence-corrected chi connectivity index (χ4v) is 9.22. The van der Waals surface area contributed by atoms with E-state index < -0.39 is 30.4 Å². The van der Waals surface area contributed by atoms with Crippen molar-refractivity contribution >= 4 is 30.4 Å². The molecule has 4 nitrogen and oxygen atoms in total. The molecule has 0 amide bonds. The SMILES string of the molecule is Cc1ccc(S(=O)(=O)OI(c2cccc(C)c2)c2ccc(C)o2)cc1. The molecule has 6 heteroatoms. The van der Waals surface area contributed by atoms with E-state index in [1.807, 2.05) is 57.2 Å². The second-order valence-corrected chi connectivity index (χ2v) is 12.0. The average molecular weight is 470 g/mol. The van der Waals surface area contributed by atoms with Gasteiger partial charge in [0.05, 0.1) is 0 Å². The average Bonchev–Trinajstić information content (AvgIpc) is 2.99. The third-order valence-corrected chi connectivity index (χ3v) is 10.5. The first-order chi connectivity index (χ1) is 11.8. The molecule has 0 atom stereocenters. The van der Waals surface area contributed by atoms with Crippen LogP contribution in [-0.2, 0) is 12.6 Å². The van der Waals surface area contributed by atoms with Crippen molar-refractivity contribution < 1.29 is 15.3 Å². The summed E-state index contributed by atoms with van der Waals surface area (Å²) in [6.45, 7) is 5.72. The van der Waals surface area contributed by atoms with Gasteiger partial charge >= 0.3 is 156 Å². The number of rotatable bonds is 5. The number of halogens is 1. The molecule has 3 aromatic rings. The number of hydrogen-bond donors (Lipinski definition) is 0. The van der Waals surface area contributed by atoms with E-state index in [4.69, 9.17) is 6.93 Å². The Morgan fingerprint density at radius 2 is 1.60 bits per heavy atom. The molecule has 0 N–H and O–H groups in total. The molecule has 2 aromatic carbocycles. The second-order valence-electron chi connectivity index (χ2n) is 5.73. The Hall–Kier alpha value is -1.64. The maximum absolute atomic E-state index is 12.8. The summed E-state index contributed by atoms with van der Waals surface area (Å²) in [6.07, 6.45) is 0. The first-order valence-electron chi connectivity index (χ1n) is 7.70. The summed E-state index contributed by atoms with van der Waals surface area (Å²) < 4.78 is 38.5. The first-order valence-corrected chi connectivity index (χ1v) is 12.1. The predicted molar refractivity (Wildman–Crippen MR) is 105 cm³/mol. The normalized spacial score (nSPS) is 12.2. The van der Waals surface area contributed by atoms with E-state index in [2.05, 4.69) is 0 Å². The summed E-state index contributed by atoms with van der Waals surface area (Å²) in [6, 6.07) is 18.1. The summed E-state index contributed by atoms with van der Waals surface area (Å²) in [5, 5.41) is 0. The molecule has 0 spiro atoms. The van der Waals surface area contributed by atoms with Crippen LogP contribution in [0.1, 0.15) is 16.9 Å². The summed E-state index contributed by atoms with van der Waals surface area (Å²) in [5.41, 5.74) is 2.05. The Kier molecular flexibility index (Phi) is 5.31. The van der Waals surface area contributed by atoms with Crippen LogP contribution in [0.4, 0.5) is 0 Å². The van der Waals surface area contributed by atoms with E-state index in [9.17, 15) is 8.42 Å². The zero-order valence-corrected chi connectivity index (χ0v) is 17.2. The van der Waals surface area contributed by atoms with Crippen LogP contribution in [0.25, 0.3) is 0 Å². The van der Waals surface area contributed by atoms with Crippen LogP contribution in [0.3, 0.4) is 0 Å². The molecular weight excluding hydrogens is 451 g/mol. The molecule has 0 aliphatic rings. The van der Waals surface area contributed by atoms with Crippen molar-refractivity contribution in [2.75, 3.05) is 0 Å². The van der Waals surface area contributed by atoms with E-state index in [-0.39, 0.29) is 4.90 Å². The van der Waals surface area contributed by atoms with Crippen molar-refractivity contribution in [3.8, 4) is 0 Å². The van der Waals surface area contributed by atoms with Gasteiger partial charge in [0.15, 0.2) is 0 Å². The summed E-state index contributed by atoms with van der Waals surface area (Å²) in [7, 11) is -3.87. The van der Waals surface area contributed by atoms with Crippen molar-refractivity contribution in [2.45, 2.75) is 25.7 Å². The molecule has 0 aliphatic carbocycles. The van der Waals surface area contributed by atoms with Crippen LogP contribution in [0.5, 0.6) is 0 Å². The molecule has 1 heterocycles. The molecule has 0 unspecified atom stereocenters. The van der Waals surface area contributed by atoms with Gasteiger partial charge in [-0.05, 0) is 0 Å². The van der Waals surface area contributed by atoms with Gasteiger partial charge in [-0.25, -0.2) is 0 Å². The van der Waals surface area contributed by atoms with Gasteiger partial charge in [0.2, 0.25) is 0 Å². The molecule has 1 aromatic heterocycles. The molecule has 0 saturated heterocycles. The predicted octanol–water partition coefficient (Wildman–Crippen LogP) is 5.07. The van der Waals surface area contributed by atoms with Crippen molar-refractivity contribution in [2.24, 2.45) is 0 Å². The van der Waals surface area contributed by atoms with Gasteiger partial charge in [0.25, 0.3) is 0 Å². The number of benzene rings is 2. The molecule has 0 radical (unpaired) electrons. The van der Waals surface area contributed by atoms with E-state index in [1.54, 1.807) is 24.3 Å². The number of aryl methyl sites for hydroxylation is 3. The molecule has 0 saturated carbocycles. The Morgan fingerprint density at radius 1 is 0.880 bits per heavy atom. The van der Waals surface area contributed by atoms with Gasteiger partial charge in [-0.1, -0.05) is 0 Å². The van der Waals surface area contributed by atoms with Gasteiger partial charge in [0.1, 0.15) is 0 Å². The molecular formula is C19H19IO4S. The van der Waals surface area contributed by atoms with Crippen molar-refractivity contribution in [3.05, 3.63) is 84.9 Å². The quantitative estimate of drug-likeness (QED) is 0.489. The minimum absolute atomic E-state index is 0.163. The van der Waals surface area contributed by atoms with Crippen LogP contribution >= 0.6 is 20.2 Å². The Labute approximate surface area is 155 Å². The maximum atomic E-state index is 12.8. The van der Waals surface area contributed by atoms with Gasteiger partial charge in [-0.15, -0.1) is 0 Å². The van der Waals surface area contributed by atoms with Crippen LogP contribution in [0.15, 0.2) is 70.0 Å². The van der Waals surface area contributed by atoms with Crippen LogP contribution in [0, 0.1) is 28.1 Å². The molecule has 132 valence electrons. The second kappa shape index (κ2) is 7.31. The zero-order valence-electron chi connectivity index (χ0n) is 14.2. The fourth-order valence-electron chi connectivity index (χ4n) is 2.21. The van der Waals surface area contributed by atoms with Crippen LogP contribution in [-0.4, -0.2) is 8.42 Å². The monoisotopic (exact) mass is 470 g/mol. The number of hydrogen-bond acceptors (Lipinski definition) is 4. The van der Waals surface area contributed by atoms with Crippen molar-refractivity contribution in [1.29, 1.82) is 0 Å². The molecule has 0 aliphatic heterocycles. The van der Waals surface area contributed by atoms with Gasteiger partial charge in [-0.3, -0.25) is 0 Å². The number of furan rings is 1. The van der Waals surface area contributed by atoms with Gasteiger partial charge in [-0.2, -0.15) is 0 Å². The van der Waals surface area contributed by atoms with E-state index in [1.165, 1.54) is 0 Å². The summed E-state index contributed by atoms with van der Waals surface area (Å²) in [4.78, 5) is 0.163. The molecule has 0 fully saturated rings. The third kappa shape index (κ3) is 4.31. The summed E-state index contributed by atoms with van der Waals surface area (Å²) in [5.74, 6) is 0.737. The summed E-state index contributed by atoms with van der Waals surface area (Å²) >= 11 is -2.74. The molecule has 25 heavy (non-hydrogen) atoms. The van der Waals surface area contributed by atoms with Crippen molar-refractivity contribution in [1.82, 2.24) is 0 Å². The van der Waals surface area contributed by atoms with Gasteiger partial charge in [0, 0.05) is 0 Å². The zero-order chi connectivity index (χ0) is 18.0. The van der Waals surface area contributed by atoms with E-state index in [0.29, 0.717) is 3.77 Å². The van der Waals surface area contributed by atoms with Crippen molar-refractivity contribution in [3.63, 3.8) is 0 Å². The van der Waals surface area contributed by atoms with Crippen LogP contribution < -0.4 is 0 Å². The topological polar surface area (TPSA) is 56.5 Å². The molecule has 0 bridgehead atoms. The fraction of sp³-hybridized carbons (Fsp3) is 0.158. The Bertz CT molecular complexity index is 975. The Morgan fingerprint density at radius 3 is 2.20 bits per heavy atom. The minimum atomic E-state index is -3.87. The van der Waals surface area contributed by atoms with Gasteiger partial charge < -0.3 is 0 Å². The van der Waals surface area contributed by atoms with Crippen LogP contribution in [0.2, 0.25) is 0 Å². The Balaban J connectivity index is 2.01. The standard InChI is InChI=1S/C19H19IO4S/c1-14-7-10-18(11-8-14)25(21,22)24-20(19-12-9-16(3)23-19)17-6-4-5-15(2)13-17/h4-13H,1-3H3.